The van der Waals surface area contributed by atoms with Crippen molar-refractivity contribution in [3.05, 3.63) is 59.4 Å². The largest absolute Gasteiger partial charge is 0.369 e. The molecule has 3 rings (SSSR count). The van der Waals surface area contributed by atoms with Gasteiger partial charge in [-0.25, -0.2) is 4.39 Å². The molecule has 0 radical (unpaired) electrons. The van der Waals surface area contributed by atoms with Crippen LogP contribution >= 0.6 is 11.8 Å². The van der Waals surface area contributed by atoms with Gasteiger partial charge in [0, 0.05) is 43.3 Å². The fourth-order valence-corrected chi connectivity index (χ4v) is 3.87. The Bertz CT molecular complexity index is 773. The molecule has 0 aliphatic carbocycles. The Kier molecular flexibility index (Phi) is 6.74. The first-order valence-electron chi connectivity index (χ1n) is 9.17. The van der Waals surface area contributed by atoms with E-state index < -0.39 is 0 Å². The number of hydrogen-bond donors (Lipinski definition) is 1. The number of carbonyl (C=O) groups is 1. The fourth-order valence-electron chi connectivity index (χ4n) is 3.08. The highest BCUT2D eigenvalue weighted by molar-refractivity contribution is 7.99. The lowest BCUT2D eigenvalue weighted by molar-refractivity contribution is -0.113. The van der Waals surface area contributed by atoms with Crippen molar-refractivity contribution in [3.8, 4) is 0 Å². The number of nitrogens with zero attached hydrogens (tertiary/aromatic N) is 2. The summed E-state index contributed by atoms with van der Waals surface area (Å²) in [4.78, 5) is 16.9. The van der Waals surface area contributed by atoms with Gasteiger partial charge in [0.2, 0.25) is 5.91 Å². The predicted molar refractivity (Wildman–Crippen MR) is 112 cm³/mol. The molecule has 0 aromatic heterocycles. The lowest BCUT2D eigenvalue weighted by Crippen LogP contribution is -2.44. The molecule has 144 valence electrons. The zero-order valence-electron chi connectivity index (χ0n) is 15.9. The van der Waals surface area contributed by atoms with Gasteiger partial charge in [-0.2, -0.15) is 0 Å². The van der Waals surface area contributed by atoms with E-state index in [1.165, 1.54) is 29.6 Å². The van der Waals surface area contributed by atoms with E-state index in [1.54, 1.807) is 12.1 Å². The van der Waals surface area contributed by atoms with E-state index in [0.29, 0.717) is 11.5 Å². The van der Waals surface area contributed by atoms with Crippen molar-refractivity contribution in [2.24, 2.45) is 0 Å². The number of benzene rings is 2. The number of halogens is 1. The van der Waals surface area contributed by atoms with Gasteiger partial charge in [0.1, 0.15) is 5.82 Å². The van der Waals surface area contributed by atoms with Gasteiger partial charge in [0.05, 0.1) is 5.75 Å². The van der Waals surface area contributed by atoms with E-state index in [1.807, 2.05) is 13.0 Å². The first-order valence-corrected chi connectivity index (χ1v) is 10.3. The Morgan fingerprint density at radius 3 is 2.48 bits per heavy atom. The molecule has 1 heterocycles. The van der Waals surface area contributed by atoms with Gasteiger partial charge in [-0.15, -0.1) is 11.8 Å². The molecule has 1 fully saturated rings. The van der Waals surface area contributed by atoms with Crippen molar-refractivity contribution in [2.75, 3.05) is 49.2 Å². The lowest BCUT2D eigenvalue weighted by atomic mass is 10.1. The van der Waals surface area contributed by atoms with Gasteiger partial charge in [0.25, 0.3) is 0 Å². The monoisotopic (exact) mass is 387 g/mol. The number of thioether (sulfide) groups is 1. The predicted octanol–water partition coefficient (Wildman–Crippen LogP) is 3.76. The highest BCUT2D eigenvalue weighted by Crippen LogP contribution is 2.24. The molecule has 27 heavy (non-hydrogen) atoms. The van der Waals surface area contributed by atoms with Crippen molar-refractivity contribution >= 4 is 29.0 Å². The van der Waals surface area contributed by atoms with E-state index in [9.17, 15) is 9.18 Å². The minimum Gasteiger partial charge on any atom is -0.369 e. The van der Waals surface area contributed by atoms with Crippen LogP contribution in [0, 0.1) is 12.7 Å². The summed E-state index contributed by atoms with van der Waals surface area (Å²) in [7, 11) is 2.15. The van der Waals surface area contributed by atoms with E-state index in [0.717, 1.165) is 43.0 Å². The van der Waals surface area contributed by atoms with E-state index in [4.69, 9.17) is 0 Å². The smallest absolute Gasteiger partial charge is 0.234 e. The highest BCUT2D eigenvalue weighted by Gasteiger charge is 2.15. The third-order valence-corrected chi connectivity index (χ3v) is 5.77. The average Bonchev–Trinajstić information content (AvgIpc) is 2.66. The molecule has 0 atom stereocenters. The zero-order valence-corrected chi connectivity index (χ0v) is 16.7. The molecule has 1 aliphatic rings. The van der Waals surface area contributed by atoms with Crippen molar-refractivity contribution in [2.45, 2.75) is 12.7 Å². The maximum absolute atomic E-state index is 12.9. The van der Waals surface area contributed by atoms with E-state index >= 15 is 0 Å². The van der Waals surface area contributed by atoms with Crippen LogP contribution in [0.1, 0.15) is 11.1 Å². The topological polar surface area (TPSA) is 35.6 Å². The summed E-state index contributed by atoms with van der Waals surface area (Å²) in [5, 5.41) is 3.00. The second kappa shape index (κ2) is 9.24. The fraction of sp³-hybridized carbons (Fsp3) is 0.381. The maximum Gasteiger partial charge on any atom is 0.234 e. The molecule has 1 N–H and O–H groups in total. The Balaban J connectivity index is 1.49. The van der Waals surface area contributed by atoms with Crippen molar-refractivity contribution < 1.29 is 9.18 Å². The molecule has 2 aromatic carbocycles. The Labute approximate surface area is 164 Å². The van der Waals surface area contributed by atoms with Gasteiger partial charge < -0.3 is 15.1 Å². The summed E-state index contributed by atoms with van der Waals surface area (Å²) in [5.74, 6) is 0.807. The molecule has 6 heteroatoms. The van der Waals surface area contributed by atoms with Gasteiger partial charge in [-0.1, -0.05) is 12.1 Å². The quantitative estimate of drug-likeness (QED) is 0.819. The van der Waals surface area contributed by atoms with Crippen LogP contribution in [0.5, 0.6) is 0 Å². The number of likely N-dealkylation sites (N-methyl/N-ethyl adjacent to an activating group) is 1. The van der Waals surface area contributed by atoms with Crippen LogP contribution < -0.4 is 10.2 Å². The van der Waals surface area contributed by atoms with Crippen LogP contribution in [0.15, 0.2) is 42.5 Å². The first kappa shape index (κ1) is 19.7. The maximum atomic E-state index is 12.9. The molecular formula is C21H26FN3OS. The average molecular weight is 388 g/mol. The zero-order chi connectivity index (χ0) is 19.2. The minimum absolute atomic E-state index is 0.0161. The van der Waals surface area contributed by atoms with Crippen LogP contribution in [0.2, 0.25) is 0 Å². The van der Waals surface area contributed by atoms with Crippen LogP contribution in [0.3, 0.4) is 0 Å². The van der Waals surface area contributed by atoms with Crippen molar-refractivity contribution in [1.29, 1.82) is 0 Å². The molecule has 2 aromatic rings. The summed E-state index contributed by atoms with van der Waals surface area (Å²) in [5.41, 5.74) is 4.16. The SMILES string of the molecule is Cc1cc(N2CCN(C)CC2)ccc1NC(=O)CSCc1ccc(F)cc1. The third-order valence-electron chi connectivity index (χ3n) is 4.77. The number of piperazine rings is 1. The Morgan fingerprint density at radius 1 is 1.11 bits per heavy atom. The number of rotatable bonds is 6. The number of anilines is 2. The Hall–Kier alpha value is -2.05. The molecule has 4 nitrogen and oxygen atoms in total. The van der Waals surface area contributed by atoms with Crippen molar-refractivity contribution in [1.82, 2.24) is 4.90 Å². The molecule has 1 aliphatic heterocycles. The molecule has 0 spiro atoms. The number of carbonyl (C=O) groups excluding carboxylic acids is 1. The molecular weight excluding hydrogens is 361 g/mol. The summed E-state index contributed by atoms with van der Waals surface area (Å²) in [6.45, 7) is 6.23. The molecule has 0 unspecified atom stereocenters. The van der Waals surface area contributed by atoms with Gasteiger partial charge in [-0.05, 0) is 55.4 Å². The lowest BCUT2D eigenvalue weighted by Gasteiger charge is -2.34. The summed E-state index contributed by atoms with van der Waals surface area (Å²) in [6, 6.07) is 12.6. The van der Waals surface area contributed by atoms with Crippen LogP contribution in [-0.2, 0) is 10.5 Å². The normalized spacial score (nSPS) is 15.0. The van der Waals surface area contributed by atoms with E-state index in [-0.39, 0.29) is 11.7 Å². The molecule has 0 bridgehead atoms. The number of aryl methyl sites for hydroxylation is 1. The summed E-state index contributed by atoms with van der Waals surface area (Å²) < 4.78 is 12.9. The minimum atomic E-state index is -0.239. The van der Waals surface area contributed by atoms with Crippen LogP contribution in [0.25, 0.3) is 0 Å². The van der Waals surface area contributed by atoms with Crippen molar-refractivity contribution in [3.63, 3.8) is 0 Å². The van der Waals surface area contributed by atoms with Gasteiger partial charge in [-0.3, -0.25) is 4.79 Å². The molecule has 1 amide bonds. The third kappa shape index (κ3) is 5.71. The van der Waals surface area contributed by atoms with Crippen LogP contribution in [0.4, 0.5) is 15.8 Å². The highest BCUT2D eigenvalue weighted by atomic mass is 32.2. The standard InChI is InChI=1S/C21H26FN3OS/c1-16-13-19(25-11-9-24(2)10-12-25)7-8-20(16)23-21(26)15-27-14-17-3-5-18(22)6-4-17/h3-8,13H,9-12,14-15H2,1-2H3,(H,23,26). The molecule has 0 saturated carbocycles. The second-order valence-corrected chi connectivity index (χ2v) is 7.94. The van der Waals surface area contributed by atoms with Crippen LogP contribution in [-0.4, -0.2) is 49.8 Å². The second-order valence-electron chi connectivity index (χ2n) is 6.96. The Morgan fingerprint density at radius 2 is 1.81 bits per heavy atom. The van der Waals surface area contributed by atoms with Gasteiger partial charge >= 0.3 is 0 Å². The molecule has 1 saturated heterocycles. The first-order chi connectivity index (χ1) is 13.0. The number of nitrogens with one attached hydrogen (secondary N) is 1. The summed E-state index contributed by atoms with van der Waals surface area (Å²) >= 11 is 1.52. The van der Waals surface area contributed by atoms with Gasteiger partial charge in [0.15, 0.2) is 0 Å². The van der Waals surface area contributed by atoms with E-state index in [2.05, 4.69) is 34.3 Å². The summed E-state index contributed by atoms with van der Waals surface area (Å²) in [6.07, 6.45) is 0. The number of hydrogen-bond acceptors (Lipinski definition) is 4. The number of amides is 1.